The SMILES string of the molecule is CC1=C(O[Si](C)(C)C(C)(C)C)C(C)C=C1. The van der Waals surface area contributed by atoms with Gasteiger partial charge < -0.3 is 4.43 Å². The maximum Gasteiger partial charge on any atom is 0.250 e. The Morgan fingerprint density at radius 1 is 1.27 bits per heavy atom. The van der Waals surface area contributed by atoms with E-state index in [9.17, 15) is 0 Å². The third kappa shape index (κ3) is 2.54. The van der Waals surface area contributed by atoms with E-state index in [1.807, 2.05) is 0 Å². The van der Waals surface area contributed by atoms with E-state index in [1.54, 1.807) is 0 Å². The van der Waals surface area contributed by atoms with Crippen LogP contribution >= 0.6 is 0 Å². The van der Waals surface area contributed by atoms with Crippen LogP contribution in [0.5, 0.6) is 0 Å². The van der Waals surface area contributed by atoms with Gasteiger partial charge in [-0.25, -0.2) is 0 Å². The van der Waals surface area contributed by atoms with E-state index >= 15 is 0 Å². The van der Waals surface area contributed by atoms with Gasteiger partial charge in [0, 0.05) is 5.92 Å². The van der Waals surface area contributed by atoms with Crippen LogP contribution in [0, 0.1) is 5.92 Å². The predicted molar refractivity (Wildman–Crippen MR) is 69.3 cm³/mol. The fraction of sp³-hybridized carbons (Fsp3) is 0.692. The lowest BCUT2D eigenvalue weighted by Gasteiger charge is -2.38. The smallest absolute Gasteiger partial charge is 0.250 e. The highest BCUT2D eigenvalue weighted by Gasteiger charge is 2.40. The summed E-state index contributed by atoms with van der Waals surface area (Å²) in [6.07, 6.45) is 4.39. The minimum atomic E-state index is -1.65. The van der Waals surface area contributed by atoms with Crippen LogP contribution in [-0.2, 0) is 4.43 Å². The van der Waals surface area contributed by atoms with Gasteiger partial charge in [-0.05, 0) is 30.6 Å². The minimum absolute atomic E-state index is 0.280. The van der Waals surface area contributed by atoms with Crippen LogP contribution in [-0.4, -0.2) is 8.32 Å². The minimum Gasteiger partial charge on any atom is -0.546 e. The van der Waals surface area contributed by atoms with Crippen LogP contribution in [0.3, 0.4) is 0 Å². The molecule has 0 heterocycles. The van der Waals surface area contributed by atoms with Gasteiger partial charge in [0.1, 0.15) is 0 Å². The molecule has 0 bridgehead atoms. The van der Waals surface area contributed by atoms with Gasteiger partial charge in [-0.2, -0.15) is 0 Å². The Balaban J connectivity index is 2.84. The van der Waals surface area contributed by atoms with Gasteiger partial charge in [0.15, 0.2) is 0 Å². The fourth-order valence-corrected chi connectivity index (χ4v) is 2.62. The summed E-state index contributed by atoms with van der Waals surface area (Å²) in [6, 6.07) is 0. The maximum absolute atomic E-state index is 6.34. The normalized spacial score (nSPS) is 22.5. The van der Waals surface area contributed by atoms with E-state index in [2.05, 4.69) is 59.9 Å². The number of hydrogen-bond acceptors (Lipinski definition) is 1. The van der Waals surface area contributed by atoms with Crippen molar-refractivity contribution in [2.24, 2.45) is 5.92 Å². The molecule has 1 unspecified atom stereocenters. The monoisotopic (exact) mass is 224 g/mol. The second-order valence-electron chi connectivity index (χ2n) is 6.06. The molecule has 0 N–H and O–H groups in total. The summed E-state index contributed by atoms with van der Waals surface area (Å²) in [5.74, 6) is 1.65. The highest BCUT2D eigenvalue weighted by molar-refractivity contribution is 6.74. The van der Waals surface area contributed by atoms with Gasteiger partial charge in [0.05, 0.1) is 5.76 Å². The fourth-order valence-electron chi connectivity index (χ4n) is 1.42. The molecular formula is C13H24OSi. The third-order valence-corrected chi connectivity index (χ3v) is 7.95. The van der Waals surface area contributed by atoms with Crippen molar-refractivity contribution in [3.8, 4) is 0 Å². The van der Waals surface area contributed by atoms with Crippen molar-refractivity contribution in [2.75, 3.05) is 0 Å². The largest absolute Gasteiger partial charge is 0.546 e. The molecule has 1 nitrogen and oxygen atoms in total. The molecule has 0 amide bonds. The Bertz CT molecular complexity index is 305. The summed E-state index contributed by atoms with van der Waals surface area (Å²) in [6.45, 7) is 15.8. The van der Waals surface area contributed by atoms with Crippen LogP contribution in [0.4, 0.5) is 0 Å². The average molecular weight is 224 g/mol. The van der Waals surface area contributed by atoms with Gasteiger partial charge in [-0.15, -0.1) is 0 Å². The maximum atomic E-state index is 6.34. The van der Waals surface area contributed by atoms with Crippen molar-refractivity contribution in [2.45, 2.75) is 52.8 Å². The highest BCUT2D eigenvalue weighted by atomic mass is 28.4. The van der Waals surface area contributed by atoms with Crippen LogP contribution in [0.2, 0.25) is 18.1 Å². The average Bonchev–Trinajstić information content (AvgIpc) is 2.33. The standard InChI is InChI=1S/C13H24OSi/c1-10-8-9-11(2)12(10)14-15(6,7)13(3,4)5/h8-10H,1-7H3. The molecule has 0 saturated carbocycles. The van der Waals surface area contributed by atoms with E-state index in [-0.39, 0.29) is 5.04 Å². The Hall–Kier alpha value is -0.503. The van der Waals surface area contributed by atoms with Gasteiger partial charge in [-0.1, -0.05) is 39.8 Å². The molecule has 1 rings (SSSR count). The van der Waals surface area contributed by atoms with E-state index in [4.69, 9.17) is 4.43 Å². The molecule has 1 aliphatic carbocycles. The Labute approximate surface area is 95.4 Å². The molecule has 86 valence electrons. The van der Waals surface area contributed by atoms with E-state index in [0.29, 0.717) is 5.92 Å². The summed E-state index contributed by atoms with van der Waals surface area (Å²) in [7, 11) is -1.65. The summed E-state index contributed by atoms with van der Waals surface area (Å²) >= 11 is 0. The molecule has 0 saturated heterocycles. The Morgan fingerprint density at radius 3 is 2.13 bits per heavy atom. The lowest BCUT2D eigenvalue weighted by molar-refractivity contribution is 0.348. The molecule has 0 aromatic rings. The van der Waals surface area contributed by atoms with Crippen molar-refractivity contribution < 1.29 is 4.43 Å². The second-order valence-corrected chi connectivity index (χ2v) is 10.8. The topological polar surface area (TPSA) is 9.23 Å². The Morgan fingerprint density at radius 2 is 1.80 bits per heavy atom. The molecule has 0 aromatic carbocycles. The van der Waals surface area contributed by atoms with E-state index in [1.165, 1.54) is 11.3 Å². The summed E-state index contributed by atoms with van der Waals surface area (Å²) in [4.78, 5) is 0. The van der Waals surface area contributed by atoms with Crippen molar-refractivity contribution in [1.82, 2.24) is 0 Å². The molecule has 0 aromatic heterocycles. The van der Waals surface area contributed by atoms with E-state index < -0.39 is 8.32 Å². The number of hydrogen-bond donors (Lipinski definition) is 0. The summed E-state index contributed by atoms with van der Waals surface area (Å²) in [5.41, 5.74) is 1.30. The first-order chi connectivity index (χ1) is 6.65. The molecular weight excluding hydrogens is 200 g/mol. The lowest BCUT2D eigenvalue weighted by atomic mass is 10.2. The second kappa shape index (κ2) is 3.82. The first-order valence-electron chi connectivity index (χ1n) is 5.73. The first kappa shape index (κ1) is 12.6. The molecule has 1 atom stereocenters. The molecule has 2 heteroatoms. The highest BCUT2D eigenvalue weighted by Crippen LogP contribution is 2.40. The van der Waals surface area contributed by atoms with Gasteiger partial charge in [-0.3, -0.25) is 0 Å². The van der Waals surface area contributed by atoms with E-state index in [0.717, 1.165) is 0 Å². The van der Waals surface area contributed by atoms with Crippen LogP contribution in [0.1, 0.15) is 34.6 Å². The lowest BCUT2D eigenvalue weighted by Crippen LogP contribution is -2.41. The molecule has 0 radical (unpaired) electrons. The zero-order valence-corrected chi connectivity index (χ0v) is 12.1. The molecule has 15 heavy (non-hydrogen) atoms. The molecule has 0 fully saturated rings. The summed E-state index contributed by atoms with van der Waals surface area (Å²) < 4.78 is 6.34. The van der Waals surface area contributed by atoms with Gasteiger partial charge in [0.25, 0.3) is 0 Å². The zero-order valence-electron chi connectivity index (χ0n) is 11.1. The van der Waals surface area contributed by atoms with Crippen LogP contribution in [0.15, 0.2) is 23.5 Å². The first-order valence-corrected chi connectivity index (χ1v) is 8.64. The zero-order chi connectivity index (χ0) is 11.9. The Kier molecular flexibility index (Phi) is 3.20. The van der Waals surface area contributed by atoms with Crippen LogP contribution < -0.4 is 0 Å². The third-order valence-electron chi connectivity index (χ3n) is 3.61. The van der Waals surface area contributed by atoms with Crippen molar-refractivity contribution in [3.63, 3.8) is 0 Å². The van der Waals surface area contributed by atoms with Crippen molar-refractivity contribution in [1.29, 1.82) is 0 Å². The number of allylic oxidation sites excluding steroid dienone is 3. The molecule has 0 aliphatic heterocycles. The van der Waals surface area contributed by atoms with Gasteiger partial charge >= 0.3 is 0 Å². The van der Waals surface area contributed by atoms with Crippen molar-refractivity contribution in [3.05, 3.63) is 23.5 Å². The summed E-state index contributed by atoms with van der Waals surface area (Å²) in [5, 5.41) is 0.280. The molecule has 1 aliphatic rings. The van der Waals surface area contributed by atoms with Gasteiger partial charge in [0.2, 0.25) is 8.32 Å². The predicted octanol–water partition coefficient (Wildman–Crippen LogP) is 4.49. The van der Waals surface area contributed by atoms with Crippen LogP contribution in [0.25, 0.3) is 0 Å². The number of rotatable bonds is 2. The molecule has 0 spiro atoms. The quantitative estimate of drug-likeness (QED) is 0.628. The van der Waals surface area contributed by atoms with Crippen molar-refractivity contribution >= 4 is 8.32 Å².